The number of thiazole rings is 1. The molecule has 1 heterocycles. The molecule has 0 unspecified atom stereocenters. The molecule has 0 fully saturated rings. The van der Waals surface area contributed by atoms with Crippen molar-refractivity contribution in [2.45, 2.75) is 17.2 Å². The third-order valence-electron chi connectivity index (χ3n) is 1.71. The number of halogens is 3. The van der Waals surface area contributed by atoms with Gasteiger partial charge >= 0.3 is 6.08 Å². The van der Waals surface area contributed by atoms with Crippen LogP contribution >= 0.6 is 11.3 Å². The number of hydrogen-bond donors (Lipinski definition) is 1. The lowest BCUT2D eigenvalue weighted by Crippen LogP contribution is -2.24. The molecular formula is C8H9F3N2O2S2. The fourth-order valence-electron chi connectivity index (χ4n) is 0.949. The molecule has 0 saturated carbocycles. The quantitative estimate of drug-likeness (QED) is 0.816. The molecule has 9 heteroatoms. The minimum absolute atomic E-state index is 0.0478. The van der Waals surface area contributed by atoms with Gasteiger partial charge in [-0.25, -0.2) is 22.5 Å². The van der Waals surface area contributed by atoms with Crippen molar-refractivity contribution in [3.05, 3.63) is 23.5 Å². The van der Waals surface area contributed by atoms with Crippen LogP contribution in [0.25, 0.3) is 0 Å². The van der Waals surface area contributed by atoms with Crippen molar-refractivity contribution in [1.29, 1.82) is 0 Å². The van der Waals surface area contributed by atoms with Crippen LogP contribution in [0.1, 0.15) is 12.8 Å². The van der Waals surface area contributed by atoms with E-state index in [2.05, 4.69) is 9.71 Å². The summed E-state index contributed by atoms with van der Waals surface area (Å²) in [6.07, 6.45) is -1.58. The molecule has 0 aliphatic heterocycles. The van der Waals surface area contributed by atoms with Crippen molar-refractivity contribution in [3.63, 3.8) is 0 Å². The molecule has 1 aromatic heterocycles. The van der Waals surface area contributed by atoms with Gasteiger partial charge < -0.3 is 0 Å². The molecule has 4 nitrogen and oxygen atoms in total. The Morgan fingerprint density at radius 2 is 2.12 bits per heavy atom. The summed E-state index contributed by atoms with van der Waals surface area (Å²) in [5.74, 6) is -1.52. The summed E-state index contributed by atoms with van der Waals surface area (Å²) in [6.45, 7) is -0.122. The number of sulfonamides is 1. The molecule has 0 bridgehead atoms. The molecular weight excluding hydrogens is 277 g/mol. The lowest BCUT2D eigenvalue weighted by atomic mass is 10.3. The number of aromatic nitrogens is 1. The fraction of sp³-hybridized carbons (Fsp3) is 0.375. The van der Waals surface area contributed by atoms with Crippen molar-refractivity contribution in [3.8, 4) is 0 Å². The standard InChI is InChI=1S/C8H9F3N2O2S2/c9-6(7(10)11)2-1-3-13-17(14,15)8-12-4-5-16-8/h4-5,13H,1-3H2. The maximum atomic E-state index is 12.4. The second-order valence-electron chi connectivity index (χ2n) is 2.96. The van der Waals surface area contributed by atoms with Gasteiger partial charge in [0.2, 0.25) is 4.34 Å². The van der Waals surface area contributed by atoms with Crippen molar-refractivity contribution in [2.75, 3.05) is 6.54 Å². The summed E-state index contributed by atoms with van der Waals surface area (Å²) in [5.41, 5.74) is 0. The Bertz CT molecular complexity index is 481. The minimum Gasteiger partial charge on any atom is -0.233 e. The van der Waals surface area contributed by atoms with Gasteiger partial charge in [0, 0.05) is 24.5 Å². The molecule has 1 rings (SSSR count). The van der Waals surface area contributed by atoms with Gasteiger partial charge in [-0.15, -0.1) is 11.3 Å². The molecule has 0 radical (unpaired) electrons. The normalized spacial score (nSPS) is 11.5. The van der Waals surface area contributed by atoms with Gasteiger partial charge in [-0.1, -0.05) is 0 Å². The van der Waals surface area contributed by atoms with Crippen LogP contribution in [0, 0.1) is 0 Å². The number of allylic oxidation sites excluding steroid dienone is 1. The van der Waals surface area contributed by atoms with Crippen LogP contribution in [0.3, 0.4) is 0 Å². The third kappa shape index (κ3) is 4.44. The Balaban J connectivity index is 2.40. The molecule has 17 heavy (non-hydrogen) atoms. The second-order valence-corrected chi connectivity index (χ2v) is 5.80. The zero-order valence-electron chi connectivity index (χ0n) is 8.49. The lowest BCUT2D eigenvalue weighted by Gasteiger charge is -2.02. The number of rotatable bonds is 6. The van der Waals surface area contributed by atoms with Crippen LogP contribution in [0.15, 0.2) is 27.8 Å². The number of hydrogen-bond acceptors (Lipinski definition) is 4. The van der Waals surface area contributed by atoms with Crippen molar-refractivity contribution >= 4 is 21.4 Å². The highest BCUT2D eigenvalue weighted by molar-refractivity contribution is 7.91. The van der Waals surface area contributed by atoms with Crippen LogP contribution in [0.2, 0.25) is 0 Å². The van der Waals surface area contributed by atoms with Gasteiger partial charge in [-0.2, -0.15) is 8.78 Å². The molecule has 1 aromatic rings. The first-order valence-corrected chi connectivity index (χ1v) is 6.88. The van der Waals surface area contributed by atoms with Crippen LogP contribution in [0.5, 0.6) is 0 Å². The van der Waals surface area contributed by atoms with E-state index < -0.39 is 28.4 Å². The molecule has 0 aliphatic rings. The highest BCUT2D eigenvalue weighted by Gasteiger charge is 2.16. The van der Waals surface area contributed by atoms with E-state index >= 15 is 0 Å². The first-order valence-electron chi connectivity index (χ1n) is 4.52. The Morgan fingerprint density at radius 3 is 2.65 bits per heavy atom. The topological polar surface area (TPSA) is 59.1 Å². The zero-order chi connectivity index (χ0) is 12.9. The van der Waals surface area contributed by atoms with Crippen molar-refractivity contribution in [1.82, 2.24) is 9.71 Å². The third-order valence-corrected chi connectivity index (χ3v) is 4.37. The van der Waals surface area contributed by atoms with Crippen LogP contribution in [0.4, 0.5) is 13.2 Å². The summed E-state index contributed by atoms with van der Waals surface area (Å²) in [6, 6.07) is 0. The van der Waals surface area contributed by atoms with Gasteiger partial charge in [0.25, 0.3) is 10.0 Å². The van der Waals surface area contributed by atoms with Gasteiger partial charge in [-0.3, -0.25) is 0 Å². The van der Waals surface area contributed by atoms with E-state index in [1.807, 2.05) is 0 Å². The Kier molecular flexibility index (Phi) is 5.09. The van der Waals surface area contributed by atoms with Crippen LogP contribution in [-0.2, 0) is 10.0 Å². The average molecular weight is 286 g/mol. The van der Waals surface area contributed by atoms with E-state index in [1.54, 1.807) is 0 Å². The maximum Gasteiger partial charge on any atom is 0.301 e. The predicted octanol–water partition coefficient (Wildman–Crippen LogP) is 2.28. The second kappa shape index (κ2) is 6.12. The summed E-state index contributed by atoms with van der Waals surface area (Å²) < 4.78 is 60.6. The molecule has 1 N–H and O–H groups in total. The van der Waals surface area contributed by atoms with Gasteiger partial charge in [0.15, 0.2) is 5.83 Å². The number of nitrogens with one attached hydrogen (secondary N) is 1. The zero-order valence-corrected chi connectivity index (χ0v) is 10.1. The predicted molar refractivity (Wildman–Crippen MR) is 56.9 cm³/mol. The van der Waals surface area contributed by atoms with Crippen LogP contribution < -0.4 is 4.72 Å². The maximum absolute atomic E-state index is 12.4. The lowest BCUT2D eigenvalue weighted by molar-refractivity contribution is 0.368. The van der Waals surface area contributed by atoms with E-state index in [-0.39, 0.29) is 17.3 Å². The Labute approximate surface area is 100 Å². The smallest absolute Gasteiger partial charge is 0.233 e. The summed E-state index contributed by atoms with van der Waals surface area (Å²) in [4.78, 5) is 3.59. The molecule has 0 spiro atoms. The highest BCUT2D eigenvalue weighted by Crippen LogP contribution is 2.15. The van der Waals surface area contributed by atoms with Crippen molar-refractivity contribution in [2.24, 2.45) is 0 Å². The molecule has 0 saturated heterocycles. The van der Waals surface area contributed by atoms with Gasteiger partial charge in [0.1, 0.15) is 0 Å². The summed E-state index contributed by atoms with van der Waals surface area (Å²) in [7, 11) is -3.70. The summed E-state index contributed by atoms with van der Waals surface area (Å²) >= 11 is 0.934. The molecule has 0 atom stereocenters. The van der Waals surface area contributed by atoms with Gasteiger partial charge in [-0.05, 0) is 6.42 Å². The molecule has 96 valence electrons. The monoisotopic (exact) mass is 286 g/mol. The average Bonchev–Trinajstić information content (AvgIpc) is 2.77. The first kappa shape index (κ1) is 14.1. The Hall–Kier alpha value is -0.930. The van der Waals surface area contributed by atoms with Gasteiger partial charge in [0.05, 0.1) is 0 Å². The largest absolute Gasteiger partial charge is 0.301 e. The first-order chi connectivity index (χ1) is 7.93. The van der Waals surface area contributed by atoms with E-state index in [9.17, 15) is 21.6 Å². The van der Waals surface area contributed by atoms with Crippen LogP contribution in [-0.4, -0.2) is 19.9 Å². The van der Waals surface area contributed by atoms with Crippen molar-refractivity contribution < 1.29 is 21.6 Å². The van der Waals surface area contributed by atoms with E-state index in [4.69, 9.17) is 0 Å². The fourth-order valence-corrected chi connectivity index (χ4v) is 2.90. The molecule has 0 aromatic carbocycles. The minimum atomic E-state index is -3.70. The van der Waals surface area contributed by atoms with E-state index in [0.717, 1.165) is 11.3 Å². The SMILES string of the molecule is O=S(=O)(NCCCC(F)=C(F)F)c1nccs1. The Morgan fingerprint density at radius 1 is 1.41 bits per heavy atom. The van der Waals surface area contributed by atoms with E-state index in [1.165, 1.54) is 11.6 Å². The molecule has 0 aliphatic carbocycles. The highest BCUT2D eigenvalue weighted by atomic mass is 32.2. The summed E-state index contributed by atoms with van der Waals surface area (Å²) in [5, 5.41) is 1.50. The van der Waals surface area contributed by atoms with E-state index in [0.29, 0.717) is 0 Å². The molecule has 0 amide bonds. The number of nitrogens with zero attached hydrogens (tertiary/aromatic N) is 1.